The maximum Gasteiger partial charge on any atom is 0.292 e. The van der Waals surface area contributed by atoms with Crippen LogP contribution in [0.5, 0.6) is 11.5 Å². The van der Waals surface area contributed by atoms with Crippen LogP contribution in [0.2, 0.25) is 5.02 Å². The Morgan fingerprint density at radius 3 is 3.00 bits per heavy atom. The highest BCUT2D eigenvalue weighted by atomic mass is 35.5. The van der Waals surface area contributed by atoms with Gasteiger partial charge in [-0.1, -0.05) is 17.7 Å². The van der Waals surface area contributed by atoms with Crippen molar-refractivity contribution in [3.8, 4) is 11.5 Å². The van der Waals surface area contributed by atoms with Crippen molar-refractivity contribution in [2.75, 3.05) is 31.2 Å². The van der Waals surface area contributed by atoms with Gasteiger partial charge < -0.3 is 24.4 Å². The van der Waals surface area contributed by atoms with Crippen LogP contribution in [0.1, 0.15) is 12.6 Å². The minimum absolute atomic E-state index is 0.305. The first kappa shape index (κ1) is 16.2. The van der Waals surface area contributed by atoms with E-state index in [0.717, 1.165) is 43.5 Å². The van der Waals surface area contributed by atoms with Crippen molar-refractivity contribution < 1.29 is 14.2 Å². The van der Waals surface area contributed by atoms with Crippen LogP contribution < -0.4 is 19.7 Å². The number of pyridine rings is 1. The number of aromatic nitrogens is 1. The maximum absolute atomic E-state index is 6.32. The van der Waals surface area contributed by atoms with Gasteiger partial charge in [0.1, 0.15) is 5.69 Å². The van der Waals surface area contributed by atoms with Crippen molar-refractivity contribution in [1.82, 2.24) is 10.3 Å². The summed E-state index contributed by atoms with van der Waals surface area (Å²) in [5.41, 5.74) is 1.73. The van der Waals surface area contributed by atoms with Crippen molar-refractivity contribution in [3.63, 3.8) is 0 Å². The second kappa shape index (κ2) is 6.01. The topological polar surface area (TPSA) is 55.9 Å². The molecule has 3 atom stereocenters. The fourth-order valence-electron chi connectivity index (χ4n) is 3.97. The number of benzene rings is 1. The summed E-state index contributed by atoms with van der Waals surface area (Å²) in [5, 5.41) is 4.12. The number of hydrogen-bond donors (Lipinski definition) is 1. The molecule has 0 saturated carbocycles. The van der Waals surface area contributed by atoms with E-state index >= 15 is 0 Å². The fraction of sp³-hybridized carbons (Fsp3) is 0.421. The van der Waals surface area contributed by atoms with Gasteiger partial charge in [0, 0.05) is 26.2 Å². The lowest BCUT2D eigenvalue weighted by Gasteiger charge is -2.39. The average Bonchev–Trinajstić information content (AvgIpc) is 3.25. The lowest BCUT2D eigenvalue weighted by Crippen LogP contribution is -2.57. The van der Waals surface area contributed by atoms with Crippen LogP contribution in [0.15, 0.2) is 36.5 Å². The lowest BCUT2D eigenvalue weighted by molar-refractivity contribution is -0.0716. The molecule has 2 saturated heterocycles. The van der Waals surface area contributed by atoms with E-state index in [9.17, 15) is 0 Å². The zero-order valence-electron chi connectivity index (χ0n) is 14.4. The SMILES string of the molecule is CC1(c2ccc(Cl)cn2)Oc2cccc(N3CCN[C@H]4COC[C@H]43)c2O1. The zero-order chi connectivity index (χ0) is 17.7. The summed E-state index contributed by atoms with van der Waals surface area (Å²) in [6.45, 7) is 5.18. The van der Waals surface area contributed by atoms with Crippen LogP contribution in [0, 0.1) is 0 Å². The van der Waals surface area contributed by atoms with Gasteiger partial charge in [0.15, 0.2) is 11.5 Å². The number of anilines is 1. The van der Waals surface area contributed by atoms with Gasteiger partial charge in [0.25, 0.3) is 5.79 Å². The van der Waals surface area contributed by atoms with E-state index in [1.165, 1.54) is 0 Å². The molecule has 6 nitrogen and oxygen atoms in total. The number of rotatable bonds is 2. The van der Waals surface area contributed by atoms with E-state index in [1.807, 2.05) is 25.1 Å². The summed E-state index contributed by atoms with van der Waals surface area (Å²) in [6, 6.07) is 10.3. The van der Waals surface area contributed by atoms with Crippen LogP contribution in [0.4, 0.5) is 5.69 Å². The highest BCUT2D eigenvalue weighted by Crippen LogP contribution is 2.49. The highest BCUT2D eigenvalue weighted by Gasteiger charge is 2.44. The summed E-state index contributed by atoms with van der Waals surface area (Å²) < 4.78 is 18.2. The Bertz CT molecular complexity index is 831. The third kappa shape index (κ3) is 2.52. The van der Waals surface area contributed by atoms with Crippen LogP contribution in [-0.4, -0.2) is 43.4 Å². The number of piperazine rings is 1. The Labute approximate surface area is 157 Å². The number of nitrogens with one attached hydrogen (secondary N) is 1. The Balaban J connectivity index is 1.50. The monoisotopic (exact) mass is 373 g/mol. The smallest absolute Gasteiger partial charge is 0.292 e. The van der Waals surface area contributed by atoms with Crippen LogP contribution in [-0.2, 0) is 10.5 Å². The molecular formula is C19H20ClN3O3. The normalized spacial score (nSPS) is 29.7. The van der Waals surface area contributed by atoms with E-state index in [0.29, 0.717) is 22.8 Å². The first-order valence-electron chi connectivity index (χ1n) is 8.85. The number of para-hydroxylation sites is 1. The zero-order valence-corrected chi connectivity index (χ0v) is 15.2. The van der Waals surface area contributed by atoms with Gasteiger partial charge in [-0.3, -0.25) is 4.98 Å². The molecule has 5 rings (SSSR count). The molecule has 1 aromatic heterocycles. The van der Waals surface area contributed by atoms with Gasteiger partial charge in [0.2, 0.25) is 0 Å². The minimum atomic E-state index is -0.970. The van der Waals surface area contributed by atoms with E-state index in [2.05, 4.69) is 21.3 Å². The van der Waals surface area contributed by atoms with Crippen LogP contribution in [0.25, 0.3) is 0 Å². The van der Waals surface area contributed by atoms with E-state index in [1.54, 1.807) is 12.3 Å². The molecule has 26 heavy (non-hydrogen) atoms. The first-order chi connectivity index (χ1) is 12.6. The van der Waals surface area contributed by atoms with Gasteiger partial charge in [-0.25, -0.2) is 0 Å². The molecule has 1 aromatic carbocycles. The molecule has 1 N–H and O–H groups in total. The molecule has 1 unspecified atom stereocenters. The average molecular weight is 374 g/mol. The third-order valence-corrected chi connectivity index (χ3v) is 5.50. The fourth-order valence-corrected chi connectivity index (χ4v) is 4.08. The molecule has 4 heterocycles. The van der Waals surface area contributed by atoms with Crippen molar-refractivity contribution >= 4 is 17.3 Å². The van der Waals surface area contributed by atoms with Crippen molar-refractivity contribution in [1.29, 1.82) is 0 Å². The molecule has 0 spiro atoms. The molecule has 136 valence electrons. The molecular weight excluding hydrogens is 354 g/mol. The molecule has 0 amide bonds. The second-order valence-corrected chi connectivity index (χ2v) is 7.41. The lowest BCUT2D eigenvalue weighted by atomic mass is 10.1. The standard InChI is InChI=1S/C19H20ClN3O3/c1-19(17-6-5-12(20)9-22-17)25-16-4-2-3-14(18(16)26-19)23-8-7-21-13-10-24-11-15(13)23/h2-6,9,13,15,21H,7-8,10-11H2,1H3/t13-,15+,19?/m0/s1. The molecule has 2 aromatic rings. The molecule has 2 fully saturated rings. The van der Waals surface area contributed by atoms with E-state index in [4.69, 9.17) is 25.8 Å². The predicted octanol–water partition coefficient (Wildman–Crippen LogP) is 2.56. The summed E-state index contributed by atoms with van der Waals surface area (Å²) in [7, 11) is 0. The van der Waals surface area contributed by atoms with Gasteiger partial charge in [0.05, 0.1) is 36.0 Å². The molecule has 0 radical (unpaired) electrons. The summed E-state index contributed by atoms with van der Waals surface area (Å²) in [6.07, 6.45) is 1.61. The largest absolute Gasteiger partial charge is 0.443 e. The summed E-state index contributed by atoms with van der Waals surface area (Å²) in [5.74, 6) is 0.526. The van der Waals surface area contributed by atoms with E-state index < -0.39 is 5.79 Å². The summed E-state index contributed by atoms with van der Waals surface area (Å²) in [4.78, 5) is 6.76. The van der Waals surface area contributed by atoms with Crippen molar-refractivity contribution in [3.05, 3.63) is 47.2 Å². The third-order valence-electron chi connectivity index (χ3n) is 5.27. The Morgan fingerprint density at radius 2 is 2.15 bits per heavy atom. The van der Waals surface area contributed by atoms with Crippen LogP contribution >= 0.6 is 11.6 Å². The summed E-state index contributed by atoms with van der Waals surface area (Å²) >= 11 is 5.96. The number of halogens is 1. The Morgan fingerprint density at radius 1 is 1.23 bits per heavy atom. The second-order valence-electron chi connectivity index (χ2n) is 6.97. The van der Waals surface area contributed by atoms with Crippen LogP contribution in [0.3, 0.4) is 0 Å². The molecule has 7 heteroatoms. The molecule has 3 aliphatic heterocycles. The highest BCUT2D eigenvalue weighted by molar-refractivity contribution is 6.30. The number of nitrogens with zero attached hydrogens (tertiary/aromatic N) is 2. The van der Waals surface area contributed by atoms with Gasteiger partial charge in [-0.05, 0) is 24.3 Å². The number of hydrogen-bond acceptors (Lipinski definition) is 6. The number of fused-ring (bicyclic) bond motifs is 2. The first-order valence-corrected chi connectivity index (χ1v) is 9.23. The predicted molar refractivity (Wildman–Crippen MR) is 98.0 cm³/mol. The Hall–Kier alpha value is -2.02. The molecule has 3 aliphatic rings. The maximum atomic E-state index is 6.32. The quantitative estimate of drug-likeness (QED) is 0.873. The van der Waals surface area contributed by atoms with E-state index in [-0.39, 0.29) is 0 Å². The van der Waals surface area contributed by atoms with Gasteiger partial charge >= 0.3 is 0 Å². The van der Waals surface area contributed by atoms with Gasteiger partial charge in [-0.15, -0.1) is 0 Å². The minimum Gasteiger partial charge on any atom is -0.443 e. The molecule has 0 aliphatic carbocycles. The van der Waals surface area contributed by atoms with Crippen molar-refractivity contribution in [2.45, 2.75) is 24.8 Å². The Kier molecular flexibility index (Phi) is 3.74. The number of ether oxygens (including phenoxy) is 3. The van der Waals surface area contributed by atoms with Crippen molar-refractivity contribution in [2.24, 2.45) is 0 Å². The molecule has 0 bridgehead atoms. The van der Waals surface area contributed by atoms with Gasteiger partial charge in [-0.2, -0.15) is 0 Å².